The molecule has 0 aromatic carbocycles. The summed E-state index contributed by atoms with van der Waals surface area (Å²) in [7, 11) is 2.09. The first-order valence-electron chi connectivity index (χ1n) is 8.14. The Labute approximate surface area is 128 Å². The summed E-state index contributed by atoms with van der Waals surface area (Å²) in [5, 5.41) is 3.58. The molecule has 0 amide bonds. The van der Waals surface area contributed by atoms with Crippen LogP contribution in [0.4, 0.5) is 5.82 Å². The van der Waals surface area contributed by atoms with Gasteiger partial charge in [0.2, 0.25) is 0 Å². The smallest absolute Gasteiger partial charge is 0.128 e. The van der Waals surface area contributed by atoms with Gasteiger partial charge in [0.1, 0.15) is 5.82 Å². The van der Waals surface area contributed by atoms with Gasteiger partial charge < -0.3 is 15.0 Å². The van der Waals surface area contributed by atoms with Crippen LogP contribution in [0.25, 0.3) is 0 Å². The number of hydrogen-bond donors (Lipinski definition) is 1. The second-order valence-electron chi connectivity index (χ2n) is 6.17. The summed E-state index contributed by atoms with van der Waals surface area (Å²) in [5.41, 5.74) is 2.50. The van der Waals surface area contributed by atoms with Crippen molar-refractivity contribution in [3.05, 3.63) is 23.4 Å². The lowest BCUT2D eigenvalue weighted by atomic mass is 10.2. The van der Waals surface area contributed by atoms with E-state index < -0.39 is 0 Å². The van der Waals surface area contributed by atoms with Gasteiger partial charge in [-0.3, -0.25) is 0 Å². The predicted molar refractivity (Wildman–Crippen MR) is 87.8 cm³/mol. The molecule has 1 saturated carbocycles. The molecule has 0 atom stereocenters. The van der Waals surface area contributed by atoms with Crippen LogP contribution < -0.4 is 10.2 Å². The molecule has 0 bridgehead atoms. The van der Waals surface area contributed by atoms with E-state index in [1.807, 2.05) is 0 Å². The van der Waals surface area contributed by atoms with Crippen molar-refractivity contribution in [1.82, 2.24) is 10.3 Å². The number of rotatable bonds is 9. The van der Waals surface area contributed by atoms with Gasteiger partial charge in [-0.1, -0.05) is 6.92 Å². The Morgan fingerprint density at radius 3 is 2.76 bits per heavy atom. The molecular formula is C17H29N3O. The Bertz CT molecular complexity index is 444. The summed E-state index contributed by atoms with van der Waals surface area (Å²) in [6.45, 7) is 8.85. The Balaban J connectivity index is 1.96. The van der Waals surface area contributed by atoms with E-state index in [1.165, 1.54) is 18.4 Å². The maximum atomic E-state index is 5.63. The summed E-state index contributed by atoms with van der Waals surface area (Å²) in [6, 6.07) is 5.16. The van der Waals surface area contributed by atoms with E-state index >= 15 is 0 Å². The van der Waals surface area contributed by atoms with Crippen LogP contribution in [0.15, 0.2) is 12.1 Å². The Kier molecular flexibility index (Phi) is 6.00. The van der Waals surface area contributed by atoms with E-state index in [2.05, 4.69) is 50.2 Å². The van der Waals surface area contributed by atoms with E-state index in [4.69, 9.17) is 9.72 Å². The molecule has 0 spiro atoms. The Morgan fingerprint density at radius 1 is 1.38 bits per heavy atom. The highest BCUT2D eigenvalue weighted by molar-refractivity contribution is 5.42. The van der Waals surface area contributed by atoms with Gasteiger partial charge in [0.25, 0.3) is 0 Å². The second-order valence-corrected chi connectivity index (χ2v) is 6.17. The number of anilines is 1. The number of aromatic nitrogens is 1. The Hall–Kier alpha value is -1.13. The van der Waals surface area contributed by atoms with Crippen LogP contribution >= 0.6 is 0 Å². The zero-order chi connectivity index (χ0) is 15.2. The zero-order valence-electron chi connectivity index (χ0n) is 13.9. The molecule has 0 unspecified atom stereocenters. The number of nitrogens with zero attached hydrogens (tertiary/aromatic N) is 2. The van der Waals surface area contributed by atoms with Crippen molar-refractivity contribution in [2.75, 3.05) is 25.1 Å². The average molecular weight is 291 g/mol. The summed E-state index contributed by atoms with van der Waals surface area (Å²) < 4.78 is 5.63. The highest BCUT2D eigenvalue weighted by Gasteiger charge is 2.20. The number of ether oxygens (including phenoxy) is 1. The quantitative estimate of drug-likeness (QED) is 0.759. The van der Waals surface area contributed by atoms with Crippen LogP contribution in [0.1, 0.15) is 44.9 Å². The number of aryl methyl sites for hydroxylation is 1. The van der Waals surface area contributed by atoms with Crippen molar-refractivity contribution in [2.24, 2.45) is 0 Å². The van der Waals surface area contributed by atoms with E-state index in [-0.39, 0.29) is 6.10 Å². The van der Waals surface area contributed by atoms with E-state index in [0.29, 0.717) is 0 Å². The van der Waals surface area contributed by atoms with Gasteiger partial charge in [-0.05, 0) is 50.8 Å². The number of likely N-dealkylation sites (N-methyl/N-ethyl adjacent to an activating group) is 1. The van der Waals surface area contributed by atoms with Crippen molar-refractivity contribution in [1.29, 1.82) is 0 Å². The maximum absolute atomic E-state index is 5.63. The summed E-state index contributed by atoms with van der Waals surface area (Å²) in [4.78, 5) is 6.92. The van der Waals surface area contributed by atoms with Crippen molar-refractivity contribution in [3.63, 3.8) is 0 Å². The molecule has 1 aromatic rings. The molecule has 0 radical (unpaired) electrons. The molecule has 1 aromatic heterocycles. The minimum Gasteiger partial charge on any atom is -0.377 e. The number of hydrogen-bond acceptors (Lipinski definition) is 4. The summed E-state index contributed by atoms with van der Waals surface area (Å²) >= 11 is 0. The fourth-order valence-electron chi connectivity index (χ4n) is 2.20. The molecule has 1 aliphatic rings. The molecule has 1 aliphatic carbocycles. The first-order valence-corrected chi connectivity index (χ1v) is 8.14. The first kappa shape index (κ1) is 16.2. The molecule has 4 heteroatoms. The SMILES string of the molecule is CCc1cc(CNC2CC2)cc(N(C)CCOC(C)C)n1. The lowest BCUT2D eigenvalue weighted by Gasteiger charge is -2.20. The van der Waals surface area contributed by atoms with Crippen molar-refractivity contribution in [3.8, 4) is 0 Å². The van der Waals surface area contributed by atoms with E-state index in [9.17, 15) is 0 Å². The molecule has 1 heterocycles. The van der Waals surface area contributed by atoms with Crippen LogP contribution in [0.5, 0.6) is 0 Å². The van der Waals surface area contributed by atoms with Gasteiger partial charge in [-0.15, -0.1) is 0 Å². The van der Waals surface area contributed by atoms with Gasteiger partial charge in [-0.2, -0.15) is 0 Å². The lowest BCUT2D eigenvalue weighted by Crippen LogP contribution is -2.25. The topological polar surface area (TPSA) is 37.4 Å². The Morgan fingerprint density at radius 2 is 2.14 bits per heavy atom. The van der Waals surface area contributed by atoms with Gasteiger partial charge >= 0.3 is 0 Å². The number of pyridine rings is 1. The van der Waals surface area contributed by atoms with Crippen LogP contribution in [0.3, 0.4) is 0 Å². The zero-order valence-corrected chi connectivity index (χ0v) is 13.9. The highest BCUT2D eigenvalue weighted by Crippen LogP contribution is 2.20. The van der Waals surface area contributed by atoms with Gasteiger partial charge in [0, 0.05) is 31.9 Å². The van der Waals surface area contributed by atoms with E-state index in [1.54, 1.807) is 0 Å². The normalized spacial score (nSPS) is 14.7. The third-order valence-electron chi connectivity index (χ3n) is 3.73. The van der Waals surface area contributed by atoms with Crippen LogP contribution in [-0.2, 0) is 17.7 Å². The maximum Gasteiger partial charge on any atom is 0.128 e. The average Bonchev–Trinajstić information content (AvgIpc) is 3.28. The van der Waals surface area contributed by atoms with Gasteiger partial charge in [0.15, 0.2) is 0 Å². The second kappa shape index (κ2) is 7.76. The molecule has 21 heavy (non-hydrogen) atoms. The van der Waals surface area contributed by atoms with Gasteiger partial charge in [-0.25, -0.2) is 4.98 Å². The summed E-state index contributed by atoms with van der Waals surface area (Å²) in [5.74, 6) is 1.05. The minimum atomic E-state index is 0.284. The molecule has 118 valence electrons. The van der Waals surface area contributed by atoms with Crippen LogP contribution in [-0.4, -0.2) is 37.3 Å². The largest absolute Gasteiger partial charge is 0.377 e. The monoisotopic (exact) mass is 291 g/mol. The van der Waals surface area contributed by atoms with Crippen molar-refractivity contribution in [2.45, 2.75) is 58.7 Å². The lowest BCUT2D eigenvalue weighted by molar-refractivity contribution is 0.0845. The van der Waals surface area contributed by atoms with Crippen molar-refractivity contribution < 1.29 is 4.74 Å². The predicted octanol–water partition coefficient (Wildman–Crippen LogP) is 2.76. The fraction of sp³-hybridized carbons (Fsp3) is 0.706. The summed E-state index contributed by atoms with van der Waals surface area (Å²) in [6.07, 6.45) is 3.91. The molecule has 0 saturated heterocycles. The first-order chi connectivity index (χ1) is 10.1. The molecule has 0 aliphatic heterocycles. The van der Waals surface area contributed by atoms with Crippen LogP contribution in [0.2, 0.25) is 0 Å². The van der Waals surface area contributed by atoms with Crippen LogP contribution in [0, 0.1) is 0 Å². The molecular weight excluding hydrogens is 262 g/mol. The molecule has 1 fully saturated rings. The van der Waals surface area contributed by atoms with E-state index in [0.717, 1.165) is 43.7 Å². The fourth-order valence-corrected chi connectivity index (χ4v) is 2.20. The van der Waals surface area contributed by atoms with Crippen molar-refractivity contribution >= 4 is 5.82 Å². The molecule has 2 rings (SSSR count). The minimum absolute atomic E-state index is 0.284. The third kappa shape index (κ3) is 5.64. The number of nitrogens with one attached hydrogen (secondary N) is 1. The standard InChI is InChI=1S/C17H29N3O/c1-5-15-10-14(12-18-16-6-7-16)11-17(19-15)20(4)8-9-21-13(2)3/h10-11,13,16,18H,5-9,12H2,1-4H3. The molecule has 4 nitrogen and oxygen atoms in total. The molecule has 1 N–H and O–H groups in total. The third-order valence-corrected chi connectivity index (χ3v) is 3.73. The highest BCUT2D eigenvalue weighted by atomic mass is 16.5. The van der Waals surface area contributed by atoms with Gasteiger partial charge in [0.05, 0.1) is 12.7 Å².